The Hall–Kier alpha value is -1.54. The van der Waals surface area contributed by atoms with E-state index in [0.29, 0.717) is 31.9 Å². The predicted molar refractivity (Wildman–Crippen MR) is 82.2 cm³/mol. The van der Waals surface area contributed by atoms with E-state index in [1.54, 1.807) is 0 Å². The van der Waals surface area contributed by atoms with Crippen LogP contribution in [-0.4, -0.2) is 11.8 Å². The third kappa shape index (κ3) is 2.08. The molecule has 0 saturated carbocycles. The lowest BCUT2D eigenvalue weighted by atomic mass is 9.94. The second-order valence-corrected chi connectivity index (χ2v) is 6.65. The Morgan fingerprint density at radius 3 is 3.00 bits per heavy atom. The van der Waals surface area contributed by atoms with E-state index in [1.165, 1.54) is 17.4 Å². The van der Waals surface area contributed by atoms with E-state index in [9.17, 15) is 4.79 Å². The molecule has 1 aliphatic carbocycles. The summed E-state index contributed by atoms with van der Waals surface area (Å²) in [5.41, 5.74) is 2.80. The Balaban J connectivity index is 2.26. The lowest BCUT2D eigenvalue weighted by Crippen LogP contribution is -2.32. The number of nitriles is 1. The van der Waals surface area contributed by atoms with Gasteiger partial charge in [-0.05, 0) is 17.2 Å². The molecule has 0 saturated heterocycles. The van der Waals surface area contributed by atoms with E-state index < -0.39 is 6.04 Å². The minimum absolute atomic E-state index is 0.0706. The maximum Gasteiger partial charge on any atom is 0.163 e. The molecule has 2 aliphatic rings. The Kier molecular flexibility index (Phi) is 3.43. The fourth-order valence-electron chi connectivity index (χ4n) is 2.35. The summed E-state index contributed by atoms with van der Waals surface area (Å²) < 4.78 is 0.997. The summed E-state index contributed by atoms with van der Waals surface area (Å²) in [5, 5.41) is 12.1. The van der Waals surface area contributed by atoms with Gasteiger partial charge in [-0.2, -0.15) is 5.26 Å². The van der Waals surface area contributed by atoms with E-state index >= 15 is 0 Å². The van der Waals surface area contributed by atoms with Crippen molar-refractivity contribution >= 4 is 51.6 Å². The molecule has 0 amide bonds. The number of rotatable bonds is 0. The number of nitrogens with one attached hydrogen (secondary N) is 1. The average molecular weight is 323 g/mol. The van der Waals surface area contributed by atoms with Crippen molar-refractivity contribution in [3.05, 3.63) is 44.1 Å². The van der Waals surface area contributed by atoms with Gasteiger partial charge in [0.05, 0.1) is 11.8 Å². The van der Waals surface area contributed by atoms with Crippen LogP contribution in [0.1, 0.15) is 12.0 Å². The van der Waals surface area contributed by atoms with Gasteiger partial charge < -0.3 is 5.32 Å². The monoisotopic (exact) mass is 322 g/mol. The molecule has 20 heavy (non-hydrogen) atoms. The van der Waals surface area contributed by atoms with Gasteiger partial charge in [0.25, 0.3) is 0 Å². The molecule has 1 aromatic heterocycles. The number of carbonyl (C=O) groups is 1. The Bertz CT molecular complexity index is 737. The molecule has 1 unspecified atom stereocenters. The van der Waals surface area contributed by atoms with Crippen LogP contribution < -0.4 is 5.32 Å². The highest BCUT2D eigenvalue weighted by molar-refractivity contribution is 7.21. The van der Waals surface area contributed by atoms with Crippen LogP contribution >= 0.6 is 34.5 Å². The second-order valence-electron chi connectivity index (χ2n) is 4.42. The van der Waals surface area contributed by atoms with Crippen LogP contribution in [0.4, 0.5) is 5.69 Å². The van der Waals surface area contributed by atoms with E-state index in [-0.39, 0.29) is 5.78 Å². The summed E-state index contributed by atoms with van der Waals surface area (Å²) in [4.78, 5) is 12.1. The van der Waals surface area contributed by atoms with E-state index in [1.807, 2.05) is 24.3 Å². The smallest absolute Gasteiger partial charge is 0.163 e. The van der Waals surface area contributed by atoms with E-state index in [0.717, 1.165) is 5.57 Å². The zero-order chi connectivity index (χ0) is 14.3. The number of halogens is 2. The number of Topliss-reactive ketones (excluding diaryl/α,β-unsaturated/α-hetero) is 1. The van der Waals surface area contributed by atoms with Crippen molar-refractivity contribution < 1.29 is 4.79 Å². The quantitative estimate of drug-likeness (QED) is 0.728. The minimum Gasteiger partial charge on any atom is -0.369 e. The van der Waals surface area contributed by atoms with Crippen LogP contribution in [0.3, 0.4) is 0 Å². The molecule has 100 valence electrons. The number of carbonyl (C=O) groups excluding carboxylic acids is 1. The molecule has 2 heterocycles. The third-order valence-corrected chi connectivity index (χ3v) is 4.83. The maximum absolute atomic E-state index is 12.1. The standard InChI is InChI=1S/C14H8Cl2N2OS/c15-13-10-7(4-5-17)6-8-2-1-3-9(19)11(8)18-12(10)14(16)20-13/h1-2,4,6,11,18H,3H2. The van der Waals surface area contributed by atoms with Crippen LogP contribution in [0.15, 0.2) is 29.9 Å². The first kappa shape index (κ1) is 13.4. The number of nitrogens with zero attached hydrogens (tertiary/aromatic N) is 1. The normalized spacial score (nSPS) is 22.4. The van der Waals surface area contributed by atoms with Gasteiger partial charge in [0.1, 0.15) is 14.7 Å². The van der Waals surface area contributed by atoms with Crippen LogP contribution in [0.5, 0.6) is 0 Å². The average Bonchev–Trinajstić information content (AvgIpc) is 2.58. The molecular weight excluding hydrogens is 315 g/mol. The highest BCUT2D eigenvalue weighted by atomic mass is 35.5. The van der Waals surface area contributed by atoms with Crippen LogP contribution in [0.2, 0.25) is 8.67 Å². The predicted octanol–water partition coefficient (Wildman–Crippen LogP) is 4.21. The molecule has 1 aromatic rings. The zero-order valence-corrected chi connectivity index (χ0v) is 12.4. The van der Waals surface area contributed by atoms with Crippen molar-refractivity contribution in [1.29, 1.82) is 5.26 Å². The molecule has 6 heteroatoms. The topological polar surface area (TPSA) is 52.9 Å². The zero-order valence-electron chi connectivity index (χ0n) is 10.1. The lowest BCUT2D eigenvalue weighted by molar-refractivity contribution is -0.118. The van der Waals surface area contributed by atoms with Crippen molar-refractivity contribution in [3.63, 3.8) is 0 Å². The Labute approximate surface area is 129 Å². The van der Waals surface area contributed by atoms with Crippen LogP contribution in [-0.2, 0) is 4.79 Å². The number of anilines is 1. The molecule has 0 radical (unpaired) electrons. The second kappa shape index (κ2) is 5.10. The van der Waals surface area contributed by atoms with Crippen molar-refractivity contribution in [2.24, 2.45) is 0 Å². The minimum atomic E-state index is -0.438. The van der Waals surface area contributed by atoms with E-state index in [2.05, 4.69) is 5.32 Å². The molecule has 1 atom stereocenters. The molecule has 1 N–H and O–H groups in total. The molecule has 3 rings (SSSR count). The first-order chi connectivity index (χ1) is 9.61. The van der Waals surface area contributed by atoms with Crippen LogP contribution in [0, 0.1) is 11.3 Å². The summed E-state index contributed by atoms with van der Waals surface area (Å²) in [6.07, 6.45) is 7.32. The number of hydrogen-bond donors (Lipinski definition) is 1. The Morgan fingerprint density at radius 2 is 2.25 bits per heavy atom. The number of allylic oxidation sites excluding steroid dienone is 4. The van der Waals surface area contributed by atoms with Crippen molar-refractivity contribution in [3.8, 4) is 6.07 Å². The fraction of sp³-hybridized carbons (Fsp3) is 0.143. The van der Waals surface area contributed by atoms with Gasteiger partial charge in [0.2, 0.25) is 0 Å². The van der Waals surface area contributed by atoms with Crippen molar-refractivity contribution in [2.45, 2.75) is 12.5 Å². The molecule has 0 fully saturated rings. The van der Waals surface area contributed by atoms with Gasteiger partial charge in [-0.1, -0.05) is 35.4 Å². The molecule has 0 aromatic carbocycles. The van der Waals surface area contributed by atoms with Crippen molar-refractivity contribution in [1.82, 2.24) is 0 Å². The van der Waals surface area contributed by atoms with Crippen molar-refractivity contribution in [2.75, 3.05) is 5.32 Å². The molecule has 1 aliphatic heterocycles. The number of ketones is 1. The highest BCUT2D eigenvalue weighted by Gasteiger charge is 2.30. The largest absolute Gasteiger partial charge is 0.369 e. The molecule has 0 bridgehead atoms. The fourth-order valence-corrected chi connectivity index (χ4v) is 4.03. The molecule has 3 nitrogen and oxygen atoms in total. The summed E-state index contributed by atoms with van der Waals surface area (Å²) >= 11 is 13.6. The number of fused-ring (bicyclic) bond motifs is 2. The van der Waals surface area contributed by atoms with Gasteiger partial charge in [-0.3, -0.25) is 4.79 Å². The highest BCUT2D eigenvalue weighted by Crippen LogP contribution is 2.47. The van der Waals surface area contributed by atoms with Gasteiger partial charge in [0, 0.05) is 18.1 Å². The summed E-state index contributed by atoms with van der Waals surface area (Å²) in [7, 11) is 0. The maximum atomic E-state index is 12.1. The first-order valence-electron chi connectivity index (χ1n) is 5.87. The summed E-state index contributed by atoms with van der Waals surface area (Å²) in [6.45, 7) is 0. The molecular formula is C14H8Cl2N2OS. The SMILES string of the molecule is N#CC=C1C=C2C=CCC(=O)C2Nc2c(Cl)sc(Cl)c21. The number of hydrogen-bond acceptors (Lipinski definition) is 4. The summed E-state index contributed by atoms with van der Waals surface area (Å²) in [6, 6.07) is 1.57. The van der Waals surface area contributed by atoms with Gasteiger partial charge in [-0.25, -0.2) is 0 Å². The summed E-state index contributed by atoms with van der Waals surface area (Å²) in [5.74, 6) is 0.0706. The third-order valence-electron chi connectivity index (χ3n) is 3.23. The molecule has 0 spiro atoms. The first-order valence-corrected chi connectivity index (χ1v) is 7.44. The van der Waals surface area contributed by atoms with Gasteiger partial charge in [-0.15, -0.1) is 11.3 Å². The lowest BCUT2D eigenvalue weighted by Gasteiger charge is -2.20. The van der Waals surface area contributed by atoms with Crippen LogP contribution in [0.25, 0.3) is 5.57 Å². The Morgan fingerprint density at radius 1 is 1.45 bits per heavy atom. The van der Waals surface area contributed by atoms with Gasteiger partial charge >= 0.3 is 0 Å². The van der Waals surface area contributed by atoms with Gasteiger partial charge in [0.15, 0.2) is 5.78 Å². The number of thiophene rings is 1. The van der Waals surface area contributed by atoms with E-state index in [4.69, 9.17) is 28.5 Å².